The van der Waals surface area contributed by atoms with Crippen molar-refractivity contribution in [2.75, 3.05) is 0 Å². The molecule has 3 heterocycles. The molecular weight excluding hydrogens is 228 g/mol. The van der Waals surface area contributed by atoms with E-state index in [2.05, 4.69) is 34.4 Å². The lowest BCUT2D eigenvalue weighted by atomic mass is 10.1. The Morgan fingerprint density at radius 1 is 1.18 bits per heavy atom. The number of nitrogens with zero attached hydrogens (tertiary/aromatic N) is 1. The number of pyridine rings is 1. The Morgan fingerprint density at radius 2 is 2.00 bits per heavy atom. The summed E-state index contributed by atoms with van der Waals surface area (Å²) in [6, 6.07) is 6.24. The van der Waals surface area contributed by atoms with Gasteiger partial charge in [-0.25, -0.2) is 4.98 Å². The molecule has 0 saturated carbocycles. The van der Waals surface area contributed by atoms with E-state index < -0.39 is 0 Å². The molecule has 2 nitrogen and oxygen atoms in total. The lowest BCUT2D eigenvalue weighted by Crippen LogP contribution is -1.75. The maximum atomic E-state index is 4.29. The first-order chi connectivity index (χ1) is 8.36. The highest BCUT2D eigenvalue weighted by Crippen LogP contribution is 2.32. The van der Waals surface area contributed by atoms with Crippen molar-refractivity contribution in [3.63, 3.8) is 0 Å². The number of fused-ring (bicyclic) bond motifs is 1. The van der Waals surface area contributed by atoms with Crippen LogP contribution in [-0.4, -0.2) is 9.97 Å². The Hall–Kier alpha value is -1.61. The van der Waals surface area contributed by atoms with Crippen LogP contribution in [-0.2, 0) is 0 Å². The maximum Gasteiger partial charge on any atom is 0.137 e. The van der Waals surface area contributed by atoms with Crippen molar-refractivity contribution in [3.8, 4) is 11.1 Å². The van der Waals surface area contributed by atoms with Gasteiger partial charge in [-0.3, -0.25) is 0 Å². The summed E-state index contributed by atoms with van der Waals surface area (Å²) in [6.07, 6.45) is 3.84. The summed E-state index contributed by atoms with van der Waals surface area (Å²) >= 11 is 1.78. The van der Waals surface area contributed by atoms with Gasteiger partial charge in [-0.05, 0) is 36.1 Å². The van der Waals surface area contributed by atoms with Gasteiger partial charge in [-0.2, -0.15) is 0 Å². The molecule has 0 aliphatic carbocycles. The average molecular weight is 244 g/mol. The predicted molar refractivity (Wildman–Crippen MR) is 75.5 cm³/mol. The van der Waals surface area contributed by atoms with E-state index in [0.29, 0.717) is 0 Å². The molecule has 3 aromatic rings. The number of thiophene rings is 1. The van der Waals surface area contributed by atoms with Crippen molar-refractivity contribution in [1.29, 1.82) is 0 Å². The van der Waals surface area contributed by atoms with E-state index in [9.17, 15) is 0 Å². The van der Waals surface area contributed by atoms with E-state index in [-0.39, 0.29) is 0 Å². The molecule has 3 rings (SSSR count). The second-order valence-corrected chi connectivity index (χ2v) is 4.61. The van der Waals surface area contributed by atoms with E-state index in [0.717, 1.165) is 5.65 Å². The van der Waals surface area contributed by atoms with Crippen LogP contribution in [0.5, 0.6) is 0 Å². The van der Waals surface area contributed by atoms with Crippen LogP contribution < -0.4 is 0 Å². The molecule has 0 amide bonds. The van der Waals surface area contributed by atoms with Crippen LogP contribution in [0.25, 0.3) is 22.2 Å². The normalized spacial score (nSPS) is 10.1. The predicted octanol–water partition coefficient (Wildman–Crippen LogP) is 4.63. The van der Waals surface area contributed by atoms with E-state index in [4.69, 9.17) is 0 Å². The summed E-state index contributed by atoms with van der Waals surface area (Å²) in [7, 11) is 0. The number of aromatic nitrogens is 2. The second kappa shape index (κ2) is 5.15. The van der Waals surface area contributed by atoms with E-state index >= 15 is 0 Å². The SMILES string of the molecule is CC.Cc1sccc1-c1c[nH]c2ncccc12. The number of nitrogens with one attached hydrogen (secondary N) is 1. The molecule has 0 fully saturated rings. The molecule has 0 saturated heterocycles. The minimum absolute atomic E-state index is 0.957. The van der Waals surface area contributed by atoms with Gasteiger partial charge in [0, 0.05) is 28.2 Å². The van der Waals surface area contributed by atoms with Crippen LogP contribution >= 0.6 is 11.3 Å². The van der Waals surface area contributed by atoms with Gasteiger partial charge < -0.3 is 4.98 Å². The lowest BCUT2D eigenvalue weighted by Gasteiger charge is -1.96. The van der Waals surface area contributed by atoms with Gasteiger partial charge in [0.2, 0.25) is 0 Å². The van der Waals surface area contributed by atoms with Crippen LogP contribution in [0.1, 0.15) is 18.7 Å². The molecule has 0 radical (unpaired) electrons. The fourth-order valence-electron chi connectivity index (χ4n) is 1.84. The number of rotatable bonds is 1. The van der Waals surface area contributed by atoms with Gasteiger partial charge in [-0.1, -0.05) is 13.8 Å². The van der Waals surface area contributed by atoms with Crippen LogP contribution in [0, 0.1) is 6.92 Å². The summed E-state index contributed by atoms with van der Waals surface area (Å²) in [5.41, 5.74) is 3.51. The smallest absolute Gasteiger partial charge is 0.137 e. The van der Waals surface area contributed by atoms with Crippen LogP contribution in [0.15, 0.2) is 36.0 Å². The summed E-state index contributed by atoms with van der Waals surface area (Å²) in [4.78, 5) is 8.83. The zero-order valence-electron chi connectivity index (χ0n) is 10.3. The zero-order valence-corrected chi connectivity index (χ0v) is 11.1. The monoisotopic (exact) mass is 244 g/mol. The number of aromatic amines is 1. The molecule has 1 N–H and O–H groups in total. The van der Waals surface area contributed by atoms with Crippen molar-refractivity contribution >= 4 is 22.4 Å². The molecular formula is C14H16N2S. The minimum Gasteiger partial charge on any atom is -0.346 e. The summed E-state index contributed by atoms with van der Waals surface area (Å²) < 4.78 is 0. The summed E-state index contributed by atoms with van der Waals surface area (Å²) in [6.45, 7) is 6.15. The number of hydrogen-bond donors (Lipinski definition) is 1. The molecule has 0 unspecified atom stereocenters. The minimum atomic E-state index is 0.957. The van der Waals surface area contributed by atoms with Gasteiger partial charge in [0.05, 0.1) is 0 Å². The molecule has 0 spiro atoms. The summed E-state index contributed by atoms with van der Waals surface area (Å²) in [5.74, 6) is 0. The standard InChI is InChI=1S/C12H10N2S.C2H6/c1-8-9(4-6-15-8)11-7-14-12-10(11)3-2-5-13-12;1-2/h2-7H,1H3,(H,13,14);1-2H3. The maximum absolute atomic E-state index is 4.29. The van der Waals surface area contributed by atoms with Crippen molar-refractivity contribution in [3.05, 3.63) is 40.8 Å². The molecule has 3 aromatic heterocycles. The number of H-pyrrole nitrogens is 1. The van der Waals surface area contributed by atoms with Crippen molar-refractivity contribution < 1.29 is 0 Å². The first-order valence-electron chi connectivity index (χ1n) is 5.83. The Labute approximate surface area is 105 Å². The highest BCUT2D eigenvalue weighted by Gasteiger charge is 2.08. The van der Waals surface area contributed by atoms with Crippen LogP contribution in [0.3, 0.4) is 0 Å². The molecule has 0 bridgehead atoms. The molecule has 17 heavy (non-hydrogen) atoms. The Kier molecular flexibility index (Phi) is 3.59. The number of hydrogen-bond acceptors (Lipinski definition) is 2. The van der Waals surface area contributed by atoms with E-state index in [1.54, 1.807) is 11.3 Å². The highest BCUT2D eigenvalue weighted by molar-refractivity contribution is 7.10. The molecule has 0 atom stereocenters. The molecule has 0 aliphatic heterocycles. The zero-order chi connectivity index (χ0) is 12.3. The van der Waals surface area contributed by atoms with Gasteiger partial charge >= 0.3 is 0 Å². The third-order valence-electron chi connectivity index (χ3n) is 2.60. The fourth-order valence-corrected chi connectivity index (χ4v) is 2.56. The van der Waals surface area contributed by atoms with Crippen LogP contribution in [0.2, 0.25) is 0 Å². The van der Waals surface area contributed by atoms with E-state index in [1.807, 2.05) is 32.3 Å². The fraction of sp³-hybridized carbons (Fsp3) is 0.214. The first-order valence-corrected chi connectivity index (χ1v) is 6.71. The van der Waals surface area contributed by atoms with Gasteiger partial charge in [0.1, 0.15) is 5.65 Å². The van der Waals surface area contributed by atoms with Crippen molar-refractivity contribution in [1.82, 2.24) is 9.97 Å². The highest BCUT2D eigenvalue weighted by atomic mass is 32.1. The third kappa shape index (κ3) is 2.11. The van der Waals surface area contributed by atoms with Crippen LogP contribution in [0.4, 0.5) is 0 Å². The van der Waals surface area contributed by atoms with E-state index in [1.165, 1.54) is 21.4 Å². The van der Waals surface area contributed by atoms with Crippen molar-refractivity contribution in [2.24, 2.45) is 0 Å². The third-order valence-corrected chi connectivity index (χ3v) is 3.45. The molecule has 88 valence electrons. The Morgan fingerprint density at radius 3 is 2.71 bits per heavy atom. The molecule has 3 heteroatoms. The van der Waals surface area contributed by atoms with Gasteiger partial charge in [0.25, 0.3) is 0 Å². The Balaban J connectivity index is 0.000000514. The van der Waals surface area contributed by atoms with Gasteiger partial charge in [0.15, 0.2) is 0 Å². The second-order valence-electron chi connectivity index (χ2n) is 3.49. The average Bonchev–Trinajstić information content (AvgIpc) is 2.97. The quantitative estimate of drug-likeness (QED) is 0.664. The summed E-state index contributed by atoms with van der Waals surface area (Å²) in [5, 5.41) is 3.32. The molecule has 0 aliphatic rings. The topological polar surface area (TPSA) is 28.7 Å². The first kappa shape index (κ1) is 11.9. The number of aryl methyl sites for hydroxylation is 1. The molecule has 0 aromatic carbocycles. The van der Waals surface area contributed by atoms with Gasteiger partial charge in [-0.15, -0.1) is 11.3 Å². The Bertz CT molecular complexity index is 607. The largest absolute Gasteiger partial charge is 0.346 e. The van der Waals surface area contributed by atoms with Crippen molar-refractivity contribution in [2.45, 2.75) is 20.8 Å². The lowest BCUT2D eigenvalue weighted by molar-refractivity contribution is 1.33.